The van der Waals surface area contributed by atoms with Crippen LogP contribution in [0.2, 0.25) is 0 Å². The predicted molar refractivity (Wildman–Crippen MR) is 139 cm³/mol. The molecule has 13 heteroatoms. The molecule has 0 aliphatic carbocycles. The number of rotatable bonds is 14. The number of nitrogens with two attached hydrogens (primary N) is 3. The zero-order valence-electron chi connectivity index (χ0n) is 21.0. The van der Waals surface area contributed by atoms with Crippen molar-refractivity contribution in [1.82, 2.24) is 20.9 Å². The summed E-state index contributed by atoms with van der Waals surface area (Å²) >= 11 is 0. The lowest BCUT2D eigenvalue weighted by atomic mass is 10.0. The molecule has 11 N–H and O–H groups in total. The minimum atomic E-state index is -1.23. The summed E-state index contributed by atoms with van der Waals surface area (Å²) in [6.07, 6.45) is 2.33. The summed E-state index contributed by atoms with van der Waals surface area (Å²) in [7, 11) is 0. The number of carboxylic acid groups (broad SMARTS) is 1. The Morgan fingerprint density at radius 2 is 1.76 bits per heavy atom. The fourth-order valence-corrected chi connectivity index (χ4v) is 3.60. The van der Waals surface area contributed by atoms with Crippen molar-refractivity contribution in [1.29, 1.82) is 0 Å². The maximum absolute atomic E-state index is 13.0. The average Bonchev–Trinajstić information content (AvgIpc) is 3.25. The molecule has 0 aliphatic rings. The summed E-state index contributed by atoms with van der Waals surface area (Å²) in [5, 5.41) is 17.8. The van der Waals surface area contributed by atoms with E-state index in [0.717, 1.165) is 16.5 Å². The molecule has 0 spiro atoms. The molecule has 0 bridgehead atoms. The van der Waals surface area contributed by atoms with Crippen LogP contribution in [0.25, 0.3) is 10.9 Å². The molecule has 202 valence electrons. The van der Waals surface area contributed by atoms with Crippen molar-refractivity contribution < 1.29 is 24.3 Å². The molecule has 0 saturated carbocycles. The Kier molecular flexibility index (Phi) is 10.9. The van der Waals surface area contributed by atoms with Gasteiger partial charge in [-0.15, -0.1) is 0 Å². The van der Waals surface area contributed by atoms with Crippen LogP contribution in [0.15, 0.2) is 35.5 Å². The summed E-state index contributed by atoms with van der Waals surface area (Å²) in [5.41, 5.74) is 18.1. The van der Waals surface area contributed by atoms with Gasteiger partial charge in [0, 0.05) is 30.1 Å². The summed E-state index contributed by atoms with van der Waals surface area (Å²) in [6.45, 7) is 3.32. The second kappa shape index (κ2) is 13.8. The molecular weight excluding hydrogens is 480 g/mol. The second-order valence-electron chi connectivity index (χ2n) is 9.02. The summed E-state index contributed by atoms with van der Waals surface area (Å²) in [4.78, 5) is 56.4. The zero-order valence-corrected chi connectivity index (χ0v) is 21.0. The van der Waals surface area contributed by atoms with Gasteiger partial charge < -0.3 is 43.2 Å². The van der Waals surface area contributed by atoms with Gasteiger partial charge in [0.1, 0.15) is 12.1 Å². The number of benzene rings is 1. The van der Waals surface area contributed by atoms with Gasteiger partial charge in [-0.05, 0) is 30.4 Å². The number of para-hydroxylation sites is 1. The number of carbonyl (C=O) groups excluding carboxylic acids is 3. The first-order chi connectivity index (χ1) is 17.5. The standard InChI is InChI=1S/C24H36N8O5/c1-13(2)20(25)22(35)32-18(10-14-11-29-16-7-4-3-6-15(14)16)21(34)30-12-19(33)31-17(23(36)37)8-5-9-28-24(26)27/h3-4,6-7,11,13,17-18,20,29H,5,8-10,12,25H2,1-2H3,(H,30,34)(H,31,33)(H,32,35)(H,36,37)(H4,26,27,28). The van der Waals surface area contributed by atoms with Gasteiger partial charge >= 0.3 is 5.97 Å². The van der Waals surface area contributed by atoms with Crippen LogP contribution in [-0.2, 0) is 25.6 Å². The van der Waals surface area contributed by atoms with Crippen LogP contribution >= 0.6 is 0 Å². The minimum Gasteiger partial charge on any atom is -0.480 e. The topological polar surface area (TPSA) is 231 Å². The van der Waals surface area contributed by atoms with Crippen LogP contribution in [-0.4, -0.2) is 71.0 Å². The van der Waals surface area contributed by atoms with Crippen molar-refractivity contribution in [3.63, 3.8) is 0 Å². The summed E-state index contributed by atoms with van der Waals surface area (Å²) in [6, 6.07) is 4.51. The number of aromatic nitrogens is 1. The maximum Gasteiger partial charge on any atom is 0.326 e. The van der Waals surface area contributed by atoms with Gasteiger partial charge in [-0.2, -0.15) is 0 Å². The van der Waals surface area contributed by atoms with E-state index in [1.165, 1.54) is 0 Å². The molecule has 1 heterocycles. The quantitative estimate of drug-likeness (QED) is 0.0871. The number of nitrogens with zero attached hydrogens (tertiary/aromatic N) is 1. The number of fused-ring (bicyclic) bond motifs is 1. The third-order valence-corrected chi connectivity index (χ3v) is 5.75. The van der Waals surface area contributed by atoms with Crippen LogP contribution in [0.3, 0.4) is 0 Å². The number of hydrogen-bond donors (Lipinski definition) is 8. The highest BCUT2D eigenvalue weighted by atomic mass is 16.4. The van der Waals surface area contributed by atoms with E-state index in [2.05, 4.69) is 25.9 Å². The Hall–Kier alpha value is -4.13. The Balaban J connectivity index is 2.05. The Morgan fingerprint density at radius 1 is 1.05 bits per heavy atom. The molecule has 1 aromatic heterocycles. The number of carboxylic acids is 1. The van der Waals surface area contributed by atoms with Gasteiger partial charge in [0.25, 0.3) is 0 Å². The van der Waals surface area contributed by atoms with E-state index < -0.39 is 48.4 Å². The molecule has 3 amide bonds. The third-order valence-electron chi connectivity index (χ3n) is 5.75. The van der Waals surface area contributed by atoms with Crippen molar-refractivity contribution in [2.45, 2.75) is 51.2 Å². The van der Waals surface area contributed by atoms with E-state index >= 15 is 0 Å². The lowest BCUT2D eigenvalue weighted by molar-refractivity contribution is -0.142. The molecule has 0 radical (unpaired) electrons. The van der Waals surface area contributed by atoms with E-state index in [0.29, 0.717) is 6.42 Å². The SMILES string of the molecule is CC(C)C(N)C(=O)NC(Cc1c[nH]c2ccccc12)C(=O)NCC(=O)NC(CCCN=C(N)N)C(=O)O. The van der Waals surface area contributed by atoms with Gasteiger partial charge in [-0.3, -0.25) is 19.4 Å². The van der Waals surface area contributed by atoms with Crippen molar-refractivity contribution in [2.24, 2.45) is 28.1 Å². The lowest BCUT2D eigenvalue weighted by Crippen LogP contribution is -2.55. The fourth-order valence-electron chi connectivity index (χ4n) is 3.60. The fraction of sp³-hybridized carbons (Fsp3) is 0.458. The van der Waals surface area contributed by atoms with E-state index in [1.54, 1.807) is 20.0 Å². The molecule has 3 atom stereocenters. The molecular formula is C24H36N8O5. The smallest absolute Gasteiger partial charge is 0.326 e. The van der Waals surface area contributed by atoms with E-state index in [4.69, 9.17) is 17.2 Å². The van der Waals surface area contributed by atoms with E-state index in [-0.39, 0.29) is 31.3 Å². The number of amides is 3. The molecule has 37 heavy (non-hydrogen) atoms. The van der Waals surface area contributed by atoms with Crippen molar-refractivity contribution >= 4 is 40.6 Å². The molecule has 2 rings (SSSR count). The first-order valence-corrected chi connectivity index (χ1v) is 12.0. The summed E-state index contributed by atoms with van der Waals surface area (Å²) in [5.74, 6) is -3.28. The number of H-pyrrole nitrogens is 1. The highest BCUT2D eigenvalue weighted by molar-refractivity contribution is 5.93. The van der Waals surface area contributed by atoms with Gasteiger partial charge in [0.2, 0.25) is 17.7 Å². The van der Waals surface area contributed by atoms with Gasteiger partial charge in [-0.25, -0.2) is 4.79 Å². The van der Waals surface area contributed by atoms with Crippen molar-refractivity contribution in [3.8, 4) is 0 Å². The highest BCUT2D eigenvalue weighted by Gasteiger charge is 2.27. The molecule has 0 aliphatic heterocycles. The van der Waals surface area contributed by atoms with Crippen LogP contribution in [0.5, 0.6) is 0 Å². The van der Waals surface area contributed by atoms with Crippen LogP contribution in [0, 0.1) is 5.92 Å². The second-order valence-corrected chi connectivity index (χ2v) is 9.02. The highest BCUT2D eigenvalue weighted by Crippen LogP contribution is 2.19. The van der Waals surface area contributed by atoms with Gasteiger partial charge in [0.15, 0.2) is 5.96 Å². The number of aliphatic imine (C=N–C) groups is 1. The third kappa shape index (κ3) is 9.11. The molecule has 13 nitrogen and oxygen atoms in total. The molecule has 0 fully saturated rings. The predicted octanol–water partition coefficient (Wildman–Crippen LogP) is -1.08. The Bertz CT molecular complexity index is 1130. The van der Waals surface area contributed by atoms with Gasteiger partial charge in [-0.1, -0.05) is 32.0 Å². The van der Waals surface area contributed by atoms with Crippen molar-refractivity contribution in [3.05, 3.63) is 36.0 Å². The molecule has 1 aromatic carbocycles. The number of aromatic amines is 1. The zero-order chi connectivity index (χ0) is 27.5. The average molecular weight is 517 g/mol. The van der Waals surface area contributed by atoms with Crippen LogP contribution < -0.4 is 33.2 Å². The molecule has 0 saturated heterocycles. The number of carbonyl (C=O) groups is 4. The summed E-state index contributed by atoms with van der Waals surface area (Å²) < 4.78 is 0. The molecule has 2 aromatic rings. The molecule has 3 unspecified atom stereocenters. The number of nitrogens with one attached hydrogen (secondary N) is 4. The first-order valence-electron chi connectivity index (χ1n) is 12.0. The maximum atomic E-state index is 13.0. The first kappa shape index (κ1) is 29.1. The number of aliphatic carboxylic acids is 1. The van der Waals surface area contributed by atoms with Crippen LogP contribution in [0.4, 0.5) is 0 Å². The Labute approximate surface area is 214 Å². The lowest BCUT2D eigenvalue weighted by Gasteiger charge is -2.22. The van der Waals surface area contributed by atoms with Crippen LogP contribution in [0.1, 0.15) is 32.3 Å². The monoisotopic (exact) mass is 516 g/mol. The van der Waals surface area contributed by atoms with Gasteiger partial charge in [0.05, 0.1) is 12.6 Å². The van der Waals surface area contributed by atoms with E-state index in [1.807, 2.05) is 24.3 Å². The Morgan fingerprint density at radius 3 is 2.41 bits per heavy atom. The van der Waals surface area contributed by atoms with Crippen molar-refractivity contribution in [2.75, 3.05) is 13.1 Å². The number of hydrogen-bond acceptors (Lipinski definition) is 6. The minimum absolute atomic E-state index is 0.0954. The van der Waals surface area contributed by atoms with E-state index in [9.17, 15) is 24.3 Å². The number of guanidine groups is 1. The normalized spacial score (nSPS) is 13.4. The largest absolute Gasteiger partial charge is 0.480 e.